The van der Waals surface area contributed by atoms with Crippen LogP contribution in [0.1, 0.15) is 36.4 Å². The number of nitrogens with two attached hydrogens (primary N) is 1. The molecule has 0 spiro atoms. The Morgan fingerprint density at radius 1 is 1.43 bits per heavy atom. The highest BCUT2D eigenvalue weighted by Gasteiger charge is 2.28. The number of nitrogen functional groups attached to an aromatic ring is 1. The smallest absolute Gasteiger partial charge is 0.263 e. The van der Waals surface area contributed by atoms with Crippen molar-refractivity contribution in [3.63, 3.8) is 0 Å². The molecule has 1 aliphatic heterocycles. The van der Waals surface area contributed by atoms with E-state index in [-0.39, 0.29) is 5.91 Å². The van der Waals surface area contributed by atoms with E-state index < -0.39 is 0 Å². The standard InChI is InChI=1S/C15H25N3O2S/c1-9(2)10-5-7-18(8-6-10)15-12(20-4)11(16)13(21-15)14(19)17-3/h9-10H,5-8,16H2,1-4H3,(H,17,19). The predicted octanol–water partition coefficient (Wildman–Crippen LogP) is 2.57. The van der Waals surface area contributed by atoms with Crippen LogP contribution in [-0.4, -0.2) is 33.2 Å². The van der Waals surface area contributed by atoms with Gasteiger partial charge in [-0.25, -0.2) is 0 Å². The summed E-state index contributed by atoms with van der Waals surface area (Å²) in [5, 5.41) is 3.61. The molecule has 0 bridgehead atoms. The Morgan fingerprint density at radius 3 is 2.52 bits per heavy atom. The predicted molar refractivity (Wildman–Crippen MR) is 88.4 cm³/mol. The Bertz CT molecular complexity index is 505. The lowest BCUT2D eigenvalue weighted by molar-refractivity contribution is 0.0967. The summed E-state index contributed by atoms with van der Waals surface area (Å²) in [6, 6.07) is 0. The first kappa shape index (κ1) is 15.9. The summed E-state index contributed by atoms with van der Waals surface area (Å²) in [6.07, 6.45) is 2.35. The van der Waals surface area contributed by atoms with Gasteiger partial charge in [0.25, 0.3) is 5.91 Å². The van der Waals surface area contributed by atoms with Crippen LogP contribution in [0.3, 0.4) is 0 Å². The second-order valence-corrected chi connectivity index (χ2v) is 6.83. The molecule has 21 heavy (non-hydrogen) atoms. The Balaban J connectivity index is 2.22. The third-order valence-corrected chi connectivity index (χ3v) is 5.54. The van der Waals surface area contributed by atoms with Gasteiger partial charge in [-0.2, -0.15) is 0 Å². The van der Waals surface area contributed by atoms with Gasteiger partial charge in [-0.05, 0) is 24.7 Å². The van der Waals surface area contributed by atoms with Crippen LogP contribution in [-0.2, 0) is 0 Å². The number of nitrogens with zero attached hydrogens (tertiary/aromatic N) is 1. The number of nitrogens with one attached hydrogen (secondary N) is 1. The zero-order valence-corrected chi connectivity index (χ0v) is 14.0. The van der Waals surface area contributed by atoms with Crippen LogP contribution in [0.25, 0.3) is 0 Å². The van der Waals surface area contributed by atoms with Crippen molar-refractivity contribution in [2.75, 3.05) is 37.9 Å². The number of carbonyl (C=O) groups excluding carboxylic acids is 1. The second kappa shape index (κ2) is 6.56. The number of amides is 1. The van der Waals surface area contributed by atoms with Crippen molar-refractivity contribution in [3.8, 4) is 5.75 Å². The lowest BCUT2D eigenvalue weighted by atomic mass is 9.87. The second-order valence-electron chi connectivity index (χ2n) is 5.83. The highest BCUT2D eigenvalue weighted by atomic mass is 32.1. The Labute approximate surface area is 130 Å². The molecular formula is C15H25N3O2S. The maximum Gasteiger partial charge on any atom is 0.263 e. The SMILES string of the molecule is CNC(=O)c1sc(N2CCC(C(C)C)CC2)c(OC)c1N. The Morgan fingerprint density at radius 2 is 2.05 bits per heavy atom. The minimum atomic E-state index is -0.154. The molecule has 1 fully saturated rings. The third kappa shape index (κ3) is 3.10. The molecule has 3 N–H and O–H groups in total. The first-order valence-electron chi connectivity index (χ1n) is 7.42. The van der Waals surface area contributed by atoms with Crippen LogP contribution < -0.4 is 20.7 Å². The average molecular weight is 311 g/mol. The molecule has 0 atom stereocenters. The highest BCUT2D eigenvalue weighted by molar-refractivity contribution is 7.19. The van der Waals surface area contributed by atoms with Gasteiger partial charge in [-0.3, -0.25) is 4.79 Å². The summed E-state index contributed by atoms with van der Waals surface area (Å²) < 4.78 is 5.44. The highest BCUT2D eigenvalue weighted by Crippen LogP contribution is 2.46. The van der Waals surface area contributed by atoms with E-state index in [4.69, 9.17) is 10.5 Å². The van der Waals surface area contributed by atoms with Gasteiger partial charge in [0.15, 0.2) is 5.75 Å². The average Bonchev–Trinajstić information content (AvgIpc) is 2.83. The molecule has 118 valence electrons. The normalized spacial score (nSPS) is 16.3. The lowest BCUT2D eigenvalue weighted by Crippen LogP contribution is -2.34. The zero-order valence-electron chi connectivity index (χ0n) is 13.2. The number of thiophene rings is 1. The van der Waals surface area contributed by atoms with Crippen molar-refractivity contribution < 1.29 is 9.53 Å². The van der Waals surface area contributed by atoms with Crippen molar-refractivity contribution in [1.82, 2.24) is 5.32 Å². The molecule has 0 saturated carbocycles. The number of methoxy groups -OCH3 is 1. The molecule has 0 aromatic carbocycles. The van der Waals surface area contributed by atoms with Gasteiger partial charge in [0.2, 0.25) is 0 Å². The summed E-state index contributed by atoms with van der Waals surface area (Å²) in [5.41, 5.74) is 6.52. The van der Waals surface area contributed by atoms with Gasteiger partial charge < -0.3 is 20.7 Å². The number of hydrogen-bond acceptors (Lipinski definition) is 5. The van der Waals surface area contributed by atoms with Gasteiger partial charge in [0.05, 0.1) is 7.11 Å². The number of hydrogen-bond donors (Lipinski definition) is 2. The number of rotatable bonds is 4. The monoisotopic (exact) mass is 311 g/mol. The Kier molecular flexibility index (Phi) is 4.98. The van der Waals surface area contributed by atoms with Gasteiger partial charge in [0, 0.05) is 20.1 Å². The molecule has 2 heterocycles. The third-order valence-electron chi connectivity index (χ3n) is 4.29. The summed E-state index contributed by atoms with van der Waals surface area (Å²) in [4.78, 5) is 14.7. The summed E-state index contributed by atoms with van der Waals surface area (Å²) in [5.74, 6) is 1.99. The summed E-state index contributed by atoms with van der Waals surface area (Å²) >= 11 is 1.42. The molecule has 2 rings (SSSR count). The molecule has 0 unspecified atom stereocenters. The fourth-order valence-corrected chi connectivity index (χ4v) is 4.06. The van der Waals surface area contributed by atoms with E-state index in [1.807, 2.05) is 0 Å². The molecule has 1 aromatic heterocycles. The van der Waals surface area contributed by atoms with Crippen molar-refractivity contribution >= 4 is 27.9 Å². The first-order valence-corrected chi connectivity index (χ1v) is 8.24. The van der Waals surface area contributed by atoms with E-state index >= 15 is 0 Å². The number of carbonyl (C=O) groups is 1. The minimum absolute atomic E-state index is 0.154. The van der Waals surface area contributed by atoms with E-state index in [1.165, 1.54) is 24.2 Å². The van der Waals surface area contributed by atoms with Gasteiger partial charge >= 0.3 is 0 Å². The van der Waals surface area contributed by atoms with E-state index in [1.54, 1.807) is 14.2 Å². The van der Waals surface area contributed by atoms with Crippen molar-refractivity contribution in [2.45, 2.75) is 26.7 Å². The maximum atomic E-state index is 11.9. The van der Waals surface area contributed by atoms with E-state index in [0.717, 1.165) is 29.9 Å². The lowest BCUT2D eigenvalue weighted by Gasteiger charge is -2.34. The molecular weight excluding hydrogens is 286 g/mol. The van der Waals surface area contributed by atoms with E-state index in [0.29, 0.717) is 16.3 Å². The molecule has 0 radical (unpaired) electrons. The number of anilines is 2. The van der Waals surface area contributed by atoms with Crippen LogP contribution in [0.4, 0.5) is 10.7 Å². The quantitative estimate of drug-likeness (QED) is 0.897. The Hall–Kier alpha value is -1.43. The van der Waals surface area contributed by atoms with Gasteiger partial charge in [-0.1, -0.05) is 13.8 Å². The molecule has 6 heteroatoms. The fourth-order valence-electron chi connectivity index (χ4n) is 2.87. The molecule has 5 nitrogen and oxygen atoms in total. The van der Waals surface area contributed by atoms with Crippen LogP contribution >= 0.6 is 11.3 Å². The largest absolute Gasteiger partial charge is 0.492 e. The maximum absolute atomic E-state index is 11.9. The minimum Gasteiger partial charge on any atom is -0.492 e. The van der Waals surface area contributed by atoms with E-state index in [9.17, 15) is 4.79 Å². The molecule has 1 aromatic rings. The molecule has 1 saturated heterocycles. The zero-order chi connectivity index (χ0) is 15.6. The van der Waals surface area contributed by atoms with Crippen molar-refractivity contribution in [3.05, 3.63) is 4.88 Å². The summed E-state index contributed by atoms with van der Waals surface area (Å²) in [6.45, 7) is 6.56. The molecule has 0 aliphatic carbocycles. The molecule has 1 aliphatic rings. The van der Waals surface area contributed by atoms with Crippen LogP contribution in [0.15, 0.2) is 0 Å². The van der Waals surface area contributed by atoms with Crippen LogP contribution in [0.2, 0.25) is 0 Å². The topological polar surface area (TPSA) is 67.6 Å². The van der Waals surface area contributed by atoms with Crippen LogP contribution in [0, 0.1) is 11.8 Å². The first-order chi connectivity index (χ1) is 9.99. The fraction of sp³-hybridized carbons (Fsp3) is 0.667. The molecule has 1 amide bonds. The van der Waals surface area contributed by atoms with E-state index in [2.05, 4.69) is 24.1 Å². The summed E-state index contributed by atoms with van der Waals surface area (Å²) in [7, 11) is 3.22. The van der Waals surface area contributed by atoms with Crippen molar-refractivity contribution in [2.24, 2.45) is 11.8 Å². The van der Waals surface area contributed by atoms with Gasteiger partial charge in [-0.15, -0.1) is 11.3 Å². The number of piperidine rings is 1. The van der Waals surface area contributed by atoms with Gasteiger partial charge in [0.1, 0.15) is 15.6 Å². The number of ether oxygens (including phenoxy) is 1. The van der Waals surface area contributed by atoms with Crippen molar-refractivity contribution in [1.29, 1.82) is 0 Å². The van der Waals surface area contributed by atoms with Crippen LogP contribution in [0.5, 0.6) is 5.75 Å².